The van der Waals surface area contributed by atoms with Gasteiger partial charge in [0.25, 0.3) is 0 Å². The van der Waals surface area contributed by atoms with Crippen LogP contribution in [0.5, 0.6) is 0 Å². The third kappa shape index (κ3) is 3.06. The maximum Gasteiger partial charge on any atom is 0.158 e. The number of halogens is 2. The van der Waals surface area contributed by atoms with Crippen molar-refractivity contribution >= 4 is 23.2 Å². The molecule has 0 aliphatic rings. The summed E-state index contributed by atoms with van der Waals surface area (Å²) in [5.41, 5.74) is 0.878. The van der Waals surface area contributed by atoms with Gasteiger partial charge in [0.05, 0.1) is 23.1 Å². The summed E-state index contributed by atoms with van der Waals surface area (Å²) in [6, 6.07) is 5.42. The quantitative estimate of drug-likeness (QED) is 0.741. The number of aromatic nitrogens is 6. The molecule has 0 fully saturated rings. The zero-order chi connectivity index (χ0) is 14.8. The molecule has 6 nitrogen and oxygen atoms in total. The minimum absolute atomic E-state index is 0.498. The molecule has 0 saturated heterocycles. The lowest BCUT2D eigenvalue weighted by Crippen LogP contribution is -2.10. The molecule has 0 spiro atoms. The summed E-state index contributed by atoms with van der Waals surface area (Å²) < 4.78 is 3.58. The van der Waals surface area contributed by atoms with Gasteiger partial charge in [-0.05, 0) is 25.1 Å². The molecule has 0 aliphatic carbocycles. The SMILES string of the molecule is Cc1nc(-c2ccc(Cl)c(Cl)c2)n(CCn2cncn2)n1. The lowest BCUT2D eigenvalue weighted by molar-refractivity contribution is 0.500. The third-order valence-electron chi connectivity index (χ3n) is 2.96. The van der Waals surface area contributed by atoms with Gasteiger partial charge in [0, 0.05) is 5.56 Å². The average molecular weight is 323 g/mol. The summed E-state index contributed by atoms with van der Waals surface area (Å²) in [5, 5.41) is 9.50. The Morgan fingerprint density at radius 2 is 2.00 bits per heavy atom. The van der Waals surface area contributed by atoms with Crippen molar-refractivity contribution < 1.29 is 0 Å². The maximum absolute atomic E-state index is 6.07. The molecule has 0 saturated carbocycles. The molecule has 0 N–H and O–H groups in total. The topological polar surface area (TPSA) is 61.4 Å². The van der Waals surface area contributed by atoms with Crippen molar-refractivity contribution in [1.82, 2.24) is 29.5 Å². The minimum Gasteiger partial charge on any atom is -0.251 e. The van der Waals surface area contributed by atoms with Crippen molar-refractivity contribution in [3.63, 3.8) is 0 Å². The Balaban J connectivity index is 1.89. The maximum atomic E-state index is 6.07. The van der Waals surface area contributed by atoms with E-state index < -0.39 is 0 Å². The molecule has 0 amide bonds. The fraction of sp³-hybridized carbons (Fsp3) is 0.231. The first kappa shape index (κ1) is 14.0. The Morgan fingerprint density at radius 3 is 2.71 bits per heavy atom. The van der Waals surface area contributed by atoms with Crippen LogP contribution in [-0.2, 0) is 13.1 Å². The predicted octanol–water partition coefficient (Wildman–Crippen LogP) is 2.85. The first-order chi connectivity index (χ1) is 10.1. The highest BCUT2D eigenvalue weighted by atomic mass is 35.5. The molecule has 21 heavy (non-hydrogen) atoms. The zero-order valence-electron chi connectivity index (χ0n) is 11.2. The summed E-state index contributed by atoms with van der Waals surface area (Å²) in [5.74, 6) is 1.46. The van der Waals surface area contributed by atoms with E-state index in [0.29, 0.717) is 29.0 Å². The van der Waals surface area contributed by atoms with Crippen molar-refractivity contribution in [1.29, 1.82) is 0 Å². The van der Waals surface area contributed by atoms with Gasteiger partial charge in [-0.2, -0.15) is 10.2 Å². The lowest BCUT2D eigenvalue weighted by Gasteiger charge is -2.07. The standard InChI is InChI=1S/C13H12Cl2N6/c1-9-18-13(10-2-3-11(14)12(15)6-10)21(19-9)5-4-20-8-16-7-17-20/h2-3,6-8H,4-5H2,1H3. The second-order valence-corrected chi connectivity index (χ2v) is 5.31. The van der Waals surface area contributed by atoms with Crippen molar-refractivity contribution in [3.8, 4) is 11.4 Å². The van der Waals surface area contributed by atoms with Crippen LogP contribution >= 0.6 is 23.2 Å². The number of hydrogen-bond donors (Lipinski definition) is 0. The molecule has 0 bridgehead atoms. The van der Waals surface area contributed by atoms with Crippen LogP contribution < -0.4 is 0 Å². The average Bonchev–Trinajstić information content (AvgIpc) is 3.09. The van der Waals surface area contributed by atoms with E-state index >= 15 is 0 Å². The summed E-state index contributed by atoms with van der Waals surface area (Å²) in [4.78, 5) is 8.37. The Hall–Kier alpha value is -1.92. The van der Waals surface area contributed by atoms with E-state index in [0.717, 1.165) is 11.4 Å². The van der Waals surface area contributed by atoms with Crippen LogP contribution in [0.3, 0.4) is 0 Å². The number of aryl methyl sites for hydroxylation is 3. The molecule has 1 aromatic carbocycles. The van der Waals surface area contributed by atoms with Gasteiger partial charge in [-0.15, -0.1) is 0 Å². The monoisotopic (exact) mass is 322 g/mol. The molecule has 3 aromatic rings. The summed E-state index contributed by atoms with van der Waals surface area (Å²) in [7, 11) is 0. The first-order valence-electron chi connectivity index (χ1n) is 6.33. The minimum atomic E-state index is 0.498. The Bertz CT molecular complexity index is 750. The van der Waals surface area contributed by atoms with Crippen molar-refractivity contribution in [2.45, 2.75) is 20.0 Å². The van der Waals surface area contributed by atoms with E-state index in [9.17, 15) is 0 Å². The molecule has 2 heterocycles. The van der Waals surface area contributed by atoms with Crippen molar-refractivity contribution in [2.75, 3.05) is 0 Å². The van der Waals surface area contributed by atoms with Crippen LogP contribution in [0.2, 0.25) is 10.0 Å². The molecule has 0 atom stereocenters. The number of nitrogens with zero attached hydrogens (tertiary/aromatic N) is 6. The molecule has 0 unspecified atom stereocenters. The van der Waals surface area contributed by atoms with Gasteiger partial charge in [0.1, 0.15) is 18.5 Å². The number of hydrogen-bond acceptors (Lipinski definition) is 4. The Labute approximate surface area is 131 Å². The van der Waals surface area contributed by atoms with Gasteiger partial charge in [0.2, 0.25) is 0 Å². The summed E-state index contributed by atoms with van der Waals surface area (Å²) in [6.45, 7) is 3.16. The molecular weight excluding hydrogens is 311 g/mol. The van der Waals surface area contributed by atoms with E-state index in [1.54, 1.807) is 23.1 Å². The Morgan fingerprint density at radius 1 is 1.14 bits per heavy atom. The number of benzene rings is 1. The van der Waals surface area contributed by atoms with E-state index in [2.05, 4.69) is 20.2 Å². The molecule has 108 valence electrons. The highest BCUT2D eigenvalue weighted by Crippen LogP contribution is 2.27. The van der Waals surface area contributed by atoms with Gasteiger partial charge in [0.15, 0.2) is 5.82 Å². The van der Waals surface area contributed by atoms with Crippen LogP contribution in [-0.4, -0.2) is 29.5 Å². The largest absolute Gasteiger partial charge is 0.251 e. The van der Waals surface area contributed by atoms with Gasteiger partial charge in [-0.3, -0.25) is 4.68 Å². The fourth-order valence-electron chi connectivity index (χ4n) is 2.01. The molecule has 8 heteroatoms. The number of rotatable bonds is 4. The molecule has 2 aromatic heterocycles. The predicted molar refractivity (Wildman–Crippen MR) is 80.2 cm³/mol. The van der Waals surface area contributed by atoms with E-state index in [-0.39, 0.29) is 0 Å². The van der Waals surface area contributed by atoms with Crippen LogP contribution in [0.25, 0.3) is 11.4 Å². The third-order valence-corrected chi connectivity index (χ3v) is 3.70. The molecule has 3 rings (SSSR count). The van der Waals surface area contributed by atoms with Gasteiger partial charge in [-0.1, -0.05) is 23.2 Å². The van der Waals surface area contributed by atoms with Crippen LogP contribution in [0.1, 0.15) is 5.82 Å². The highest BCUT2D eigenvalue weighted by Gasteiger charge is 2.11. The molecule has 0 radical (unpaired) electrons. The summed E-state index contributed by atoms with van der Waals surface area (Å²) >= 11 is 12.0. The second-order valence-electron chi connectivity index (χ2n) is 4.49. The first-order valence-corrected chi connectivity index (χ1v) is 7.08. The summed E-state index contributed by atoms with van der Waals surface area (Å²) in [6.07, 6.45) is 3.18. The van der Waals surface area contributed by atoms with Gasteiger partial charge >= 0.3 is 0 Å². The molecule has 0 aliphatic heterocycles. The molecular formula is C13H12Cl2N6. The second kappa shape index (κ2) is 5.83. The lowest BCUT2D eigenvalue weighted by atomic mass is 10.2. The van der Waals surface area contributed by atoms with Gasteiger partial charge in [-0.25, -0.2) is 14.6 Å². The fourth-order valence-corrected chi connectivity index (χ4v) is 2.30. The van der Waals surface area contributed by atoms with Crippen LogP contribution in [0, 0.1) is 6.92 Å². The zero-order valence-corrected chi connectivity index (χ0v) is 12.8. The highest BCUT2D eigenvalue weighted by molar-refractivity contribution is 6.42. The smallest absolute Gasteiger partial charge is 0.158 e. The van der Waals surface area contributed by atoms with Gasteiger partial charge < -0.3 is 0 Å². The Kier molecular flexibility index (Phi) is 3.90. The van der Waals surface area contributed by atoms with Crippen LogP contribution in [0.15, 0.2) is 30.9 Å². The van der Waals surface area contributed by atoms with E-state index in [1.165, 1.54) is 6.33 Å². The van der Waals surface area contributed by atoms with Crippen LogP contribution in [0.4, 0.5) is 0 Å². The van der Waals surface area contributed by atoms with Crippen molar-refractivity contribution in [2.24, 2.45) is 0 Å². The van der Waals surface area contributed by atoms with E-state index in [4.69, 9.17) is 23.2 Å². The van der Waals surface area contributed by atoms with Crippen molar-refractivity contribution in [3.05, 3.63) is 46.7 Å². The normalized spacial score (nSPS) is 11.0. The van der Waals surface area contributed by atoms with E-state index in [1.807, 2.05) is 17.7 Å².